The van der Waals surface area contributed by atoms with E-state index >= 15 is 0 Å². The van der Waals surface area contributed by atoms with Gasteiger partial charge in [0.2, 0.25) is 5.91 Å². The number of hydrogen-bond donors (Lipinski definition) is 2. The SMILES string of the molecule is C=CC[C@H]1C(=O)N(c2ccc3c(c2)CCN(C)CC3)C[C@@H]1NC(=O)O.Cl. The van der Waals surface area contributed by atoms with Crippen molar-refractivity contribution in [2.75, 3.05) is 31.6 Å². The van der Waals surface area contributed by atoms with Crippen LogP contribution in [0.2, 0.25) is 0 Å². The Balaban J connectivity index is 0.00000243. The second-order valence-corrected chi connectivity index (χ2v) is 6.89. The lowest BCUT2D eigenvalue weighted by atomic mass is 9.99. The highest BCUT2D eigenvalue weighted by atomic mass is 35.5. The number of carbonyl (C=O) groups is 2. The molecule has 1 aromatic carbocycles. The van der Waals surface area contributed by atoms with Crippen LogP contribution in [0, 0.1) is 5.92 Å². The number of amides is 2. The Morgan fingerprint density at radius 3 is 2.69 bits per heavy atom. The third-order valence-corrected chi connectivity index (χ3v) is 5.20. The Labute approximate surface area is 160 Å². The van der Waals surface area contributed by atoms with Gasteiger partial charge in [-0.05, 0) is 49.6 Å². The Bertz CT molecular complexity index is 695. The van der Waals surface area contributed by atoms with Crippen LogP contribution < -0.4 is 10.2 Å². The number of nitrogens with one attached hydrogen (secondary N) is 1. The minimum atomic E-state index is -1.10. The standard InChI is InChI=1S/C19H25N3O3.ClH/c1-3-4-16-17(20-19(24)25)12-22(18(16)23)15-6-5-13-7-9-21(2)10-8-14(13)11-15;/h3,5-6,11,16-17,20H,1,4,7-10,12H2,2H3,(H,24,25);1H/t16-,17+;/m1./s1. The van der Waals surface area contributed by atoms with Gasteiger partial charge in [-0.3, -0.25) is 4.79 Å². The first kappa shape index (κ1) is 20.3. The molecule has 0 bridgehead atoms. The molecule has 1 aromatic rings. The molecule has 0 spiro atoms. The molecule has 0 radical (unpaired) electrons. The maximum absolute atomic E-state index is 12.8. The predicted octanol–water partition coefficient (Wildman–Crippen LogP) is 2.31. The fourth-order valence-electron chi connectivity index (χ4n) is 3.76. The van der Waals surface area contributed by atoms with Gasteiger partial charge in [0.1, 0.15) is 0 Å². The first-order chi connectivity index (χ1) is 12.0. The van der Waals surface area contributed by atoms with E-state index in [0.717, 1.165) is 31.6 Å². The zero-order valence-electron chi connectivity index (χ0n) is 15.0. The molecule has 2 heterocycles. The van der Waals surface area contributed by atoms with Crippen molar-refractivity contribution in [1.29, 1.82) is 0 Å². The van der Waals surface area contributed by atoms with E-state index in [0.29, 0.717) is 13.0 Å². The lowest BCUT2D eigenvalue weighted by molar-refractivity contribution is -0.120. The van der Waals surface area contributed by atoms with Gasteiger partial charge >= 0.3 is 6.09 Å². The van der Waals surface area contributed by atoms with Gasteiger partial charge in [0, 0.05) is 25.3 Å². The van der Waals surface area contributed by atoms with Crippen molar-refractivity contribution in [3.05, 3.63) is 42.0 Å². The fraction of sp³-hybridized carbons (Fsp3) is 0.474. The molecule has 3 rings (SSSR count). The molecule has 26 heavy (non-hydrogen) atoms. The number of nitrogens with zero attached hydrogens (tertiary/aromatic N) is 2. The summed E-state index contributed by atoms with van der Waals surface area (Å²) in [6.07, 6.45) is 3.03. The van der Waals surface area contributed by atoms with E-state index in [1.54, 1.807) is 11.0 Å². The van der Waals surface area contributed by atoms with Crippen molar-refractivity contribution in [3.8, 4) is 0 Å². The van der Waals surface area contributed by atoms with Crippen LogP contribution in [0.1, 0.15) is 17.5 Å². The normalized spacial score (nSPS) is 23.0. The van der Waals surface area contributed by atoms with Crippen LogP contribution in [-0.4, -0.2) is 54.7 Å². The maximum atomic E-state index is 12.8. The summed E-state index contributed by atoms with van der Waals surface area (Å²) in [6.45, 7) is 6.11. The van der Waals surface area contributed by atoms with Crippen LogP contribution >= 0.6 is 12.4 Å². The van der Waals surface area contributed by atoms with Crippen LogP contribution in [0.25, 0.3) is 0 Å². The Kier molecular flexibility index (Phi) is 6.67. The Morgan fingerprint density at radius 1 is 1.35 bits per heavy atom. The summed E-state index contributed by atoms with van der Waals surface area (Å²) in [4.78, 5) is 27.9. The van der Waals surface area contributed by atoms with Crippen LogP contribution in [0.3, 0.4) is 0 Å². The summed E-state index contributed by atoms with van der Waals surface area (Å²) in [5.41, 5.74) is 3.48. The van der Waals surface area contributed by atoms with Gasteiger partial charge in [-0.25, -0.2) is 4.79 Å². The zero-order chi connectivity index (χ0) is 18.0. The maximum Gasteiger partial charge on any atom is 0.404 e. The molecular formula is C19H26ClN3O3. The Morgan fingerprint density at radius 2 is 2.04 bits per heavy atom. The van der Waals surface area contributed by atoms with Gasteiger partial charge in [-0.2, -0.15) is 0 Å². The first-order valence-corrected chi connectivity index (χ1v) is 8.71. The zero-order valence-corrected chi connectivity index (χ0v) is 15.8. The predicted molar refractivity (Wildman–Crippen MR) is 104 cm³/mol. The number of carboxylic acid groups (broad SMARTS) is 1. The van der Waals surface area contributed by atoms with E-state index in [2.05, 4.69) is 36.0 Å². The lowest BCUT2D eigenvalue weighted by Crippen LogP contribution is -2.39. The molecule has 2 atom stereocenters. The van der Waals surface area contributed by atoms with E-state index in [9.17, 15) is 9.59 Å². The minimum Gasteiger partial charge on any atom is -0.465 e. The number of anilines is 1. The highest BCUT2D eigenvalue weighted by Gasteiger charge is 2.41. The number of fused-ring (bicyclic) bond motifs is 1. The molecule has 0 aliphatic carbocycles. The first-order valence-electron chi connectivity index (χ1n) is 8.71. The molecule has 2 amide bonds. The van der Waals surface area contributed by atoms with E-state index in [-0.39, 0.29) is 18.3 Å². The quantitative estimate of drug-likeness (QED) is 0.787. The van der Waals surface area contributed by atoms with Crippen molar-refractivity contribution in [1.82, 2.24) is 10.2 Å². The average Bonchev–Trinajstić information content (AvgIpc) is 2.76. The monoisotopic (exact) mass is 379 g/mol. The van der Waals surface area contributed by atoms with Gasteiger partial charge < -0.3 is 20.2 Å². The number of carbonyl (C=O) groups excluding carboxylic acids is 1. The van der Waals surface area contributed by atoms with Crippen molar-refractivity contribution in [3.63, 3.8) is 0 Å². The molecule has 6 nitrogen and oxygen atoms in total. The average molecular weight is 380 g/mol. The molecule has 1 saturated heterocycles. The minimum absolute atomic E-state index is 0. The third kappa shape index (κ3) is 4.19. The second-order valence-electron chi connectivity index (χ2n) is 6.89. The summed E-state index contributed by atoms with van der Waals surface area (Å²) < 4.78 is 0. The van der Waals surface area contributed by atoms with Crippen molar-refractivity contribution >= 4 is 30.1 Å². The van der Waals surface area contributed by atoms with Gasteiger partial charge in [0.25, 0.3) is 0 Å². The summed E-state index contributed by atoms with van der Waals surface area (Å²) in [5.74, 6) is -0.428. The molecule has 0 saturated carbocycles. The molecule has 2 N–H and O–H groups in total. The molecule has 0 aromatic heterocycles. The van der Waals surface area contributed by atoms with E-state index in [4.69, 9.17) is 5.11 Å². The second kappa shape index (κ2) is 8.56. The van der Waals surface area contributed by atoms with Crippen molar-refractivity contribution in [2.45, 2.75) is 25.3 Å². The summed E-state index contributed by atoms with van der Waals surface area (Å²) in [7, 11) is 2.12. The van der Waals surface area contributed by atoms with Crippen molar-refractivity contribution in [2.24, 2.45) is 5.92 Å². The molecule has 0 unspecified atom stereocenters. The Hall–Kier alpha value is -2.05. The molecule has 2 aliphatic heterocycles. The van der Waals surface area contributed by atoms with Crippen LogP contribution in [0.15, 0.2) is 30.9 Å². The smallest absolute Gasteiger partial charge is 0.404 e. The molecule has 1 fully saturated rings. The van der Waals surface area contributed by atoms with Crippen LogP contribution in [0.4, 0.5) is 10.5 Å². The van der Waals surface area contributed by atoms with E-state index in [1.807, 2.05) is 6.07 Å². The van der Waals surface area contributed by atoms with Crippen molar-refractivity contribution < 1.29 is 14.7 Å². The van der Waals surface area contributed by atoms with Gasteiger partial charge in [-0.15, -0.1) is 19.0 Å². The number of rotatable bonds is 4. The largest absolute Gasteiger partial charge is 0.465 e. The number of benzene rings is 1. The van der Waals surface area contributed by atoms with Crippen LogP contribution in [0.5, 0.6) is 0 Å². The van der Waals surface area contributed by atoms with Gasteiger partial charge in [-0.1, -0.05) is 12.1 Å². The lowest BCUT2D eigenvalue weighted by Gasteiger charge is -2.19. The van der Waals surface area contributed by atoms with Gasteiger partial charge in [0.05, 0.1) is 12.0 Å². The van der Waals surface area contributed by atoms with E-state index < -0.39 is 18.1 Å². The summed E-state index contributed by atoms with van der Waals surface area (Å²) in [5, 5.41) is 11.5. The molecule has 142 valence electrons. The topological polar surface area (TPSA) is 72.9 Å². The number of halogens is 1. The molecular weight excluding hydrogens is 354 g/mol. The highest BCUT2D eigenvalue weighted by Crippen LogP contribution is 2.30. The van der Waals surface area contributed by atoms with E-state index in [1.165, 1.54) is 11.1 Å². The fourth-order valence-corrected chi connectivity index (χ4v) is 3.76. The molecule has 2 aliphatic rings. The highest BCUT2D eigenvalue weighted by molar-refractivity contribution is 5.98. The number of hydrogen-bond acceptors (Lipinski definition) is 3. The summed E-state index contributed by atoms with van der Waals surface area (Å²) >= 11 is 0. The van der Waals surface area contributed by atoms with Crippen LogP contribution in [-0.2, 0) is 17.6 Å². The summed E-state index contributed by atoms with van der Waals surface area (Å²) in [6, 6.07) is 5.78. The number of allylic oxidation sites excluding steroid dienone is 1. The third-order valence-electron chi connectivity index (χ3n) is 5.20. The number of likely N-dealkylation sites (N-methyl/N-ethyl adjacent to an activating group) is 1. The molecule has 7 heteroatoms. The van der Waals surface area contributed by atoms with Gasteiger partial charge in [0.15, 0.2) is 0 Å².